The highest BCUT2D eigenvalue weighted by molar-refractivity contribution is 7.80. The van der Waals surface area contributed by atoms with Crippen LogP contribution in [-0.2, 0) is 28.9 Å². The first-order chi connectivity index (χ1) is 28.9. The van der Waals surface area contributed by atoms with Gasteiger partial charge in [-0.15, -0.1) is 0 Å². The third kappa shape index (κ3) is 28.4. The van der Waals surface area contributed by atoms with Gasteiger partial charge in [0.15, 0.2) is 6.29 Å². The van der Waals surface area contributed by atoms with Crippen molar-refractivity contribution in [1.82, 2.24) is 5.32 Å². The van der Waals surface area contributed by atoms with Gasteiger partial charge in [-0.25, -0.2) is 4.18 Å². The summed E-state index contributed by atoms with van der Waals surface area (Å²) in [6.07, 6.45) is 33.0. The van der Waals surface area contributed by atoms with E-state index in [1.807, 2.05) is 0 Å². The molecule has 0 saturated carbocycles. The monoisotopic (exact) mass is 872 g/mol. The van der Waals surface area contributed by atoms with Crippen LogP contribution in [0, 0.1) is 0 Å². The zero-order chi connectivity index (χ0) is 44.3. The fourth-order valence-corrected chi connectivity index (χ4v) is 7.22. The number of hydrogen-bond acceptors (Lipinski definition) is 11. The molecule has 0 aromatic carbocycles. The number of aliphatic hydroxyl groups excluding tert-OH is 5. The van der Waals surface area contributed by atoms with E-state index in [1.54, 1.807) is 6.08 Å². The average Bonchev–Trinajstić information content (AvgIpc) is 3.22. The van der Waals surface area contributed by atoms with Crippen molar-refractivity contribution in [2.45, 2.75) is 210 Å². The smallest absolute Gasteiger partial charge is 0.394 e. The summed E-state index contributed by atoms with van der Waals surface area (Å²) in [7, 11) is -5.13. The third-order valence-electron chi connectivity index (χ3n) is 10.4. The second kappa shape index (κ2) is 36.3. The van der Waals surface area contributed by atoms with Crippen LogP contribution in [0.3, 0.4) is 0 Å². The Morgan fingerprint density at radius 2 is 1.17 bits per heavy atom. The summed E-state index contributed by atoms with van der Waals surface area (Å²) in [5, 5.41) is 55.1. The number of nitrogens with one attached hydrogen (secondary N) is 1. The molecule has 60 heavy (non-hydrogen) atoms. The molecule has 7 N–H and O–H groups in total. The fourth-order valence-electron chi connectivity index (χ4n) is 6.72. The molecule has 0 radical (unpaired) electrons. The number of carbonyl (C=O) groups is 1. The number of unbranched alkanes of at least 4 members (excludes halogenated alkanes) is 17. The summed E-state index contributed by atoms with van der Waals surface area (Å²) in [5.74, 6) is -0.724. The van der Waals surface area contributed by atoms with Crippen molar-refractivity contribution in [1.29, 1.82) is 0 Å². The zero-order valence-electron chi connectivity index (χ0n) is 36.6. The molecular weight excluding hydrogens is 791 g/mol. The second-order valence-electron chi connectivity index (χ2n) is 15.8. The number of rotatable bonds is 37. The highest BCUT2D eigenvalue weighted by Gasteiger charge is 2.48. The lowest BCUT2D eigenvalue weighted by atomic mass is 9.99. The van der Waals surface area contributed by atoms with Crippen LogP contribution in [-0.4, -0.2) is 107 Å². The molecular formula is C46H81NO12S. The van der Waals surface area contributed by atoms with E-state index in [-0.39, 0.29) is 6.42 Å². The Morgan fingerprint density at radius 1 is 0.683 bits per heavy atom. The number of hydrogen-bond donors (Lipinski definition) is 7. The van der Waals surface area contributed by atoms with E-state index in [4.69, 9.17) is 14.0 Å². The van der Waals surface area contributed by atoms with Crippen molar-refractivity contribution in [3.05, 3.63) is 60.8 Å². The molecule has 1 saturated heterocycles. The van der Waals surface area contributed by atoms with Gasteiger partial charge in [0, 0.05) is 0 Å². The highest BCUT2D eigenvalue weighted by Crippen LogP contribution is 2.26. The second-order valence-corrected chi connectivity index (χ2v) is 16.8. The number of allylic oxidation sites excluding steroid dienone is 9. The van der Waals surface area contributed by atoms with Crippen LogP contribution >= 0.6 is 0 Å². The molecule has 0 aromatic rings. The fraction of sp³-hybridized carbons (Fsp3) is 0.761. The van der Waals surface area contributed by atoms with Gasteiger partial charge >= 0.3 is 10.4 Å². The van der Waals surface area contributed by atoms with E-state index in [0.717, 1.165) is 64.2 Å². The van der Waals surface area contributed by atoms with Crippen LogP contribution in [0.2, 0.25) is 0 Å². The first kappa shape index (κ1) is 55.8. The standard InChI is InChI=1S/C46H81NO12S/c1-3-5-7-9-11-13-15-17-18-19-20-21-23-25-27-29-31-33-35-40(50)45(53)47-38(39(49)34-32-30-28-26-24-22-16-14-12-10-8-6-4-2)37-57-46-43(52)44(59-60(54,55)56)42(51)41(36-48)58-46/h11-15,17,24,26,32,34,38-44,46,48-52H,3-10,16,18-23,25,27-31,33,35-37H2,1-2H3,(H,47,53)(H,54,55,56)/b13-11-,14-12+,17-15-,26-24+,34-32+. The SMILES string of the molecule is CCCCC/C=C\C=C/CCCCCCCCCCCC(O)C(=O)NC(COC1OC(CO)C(O)C(OS(=O)(=O)O)C1O)C(O)/C=C/CC/C=C/CC/C=C/CCCCC. The Morgan fingerprint density at radius 3 is 1.70 bits per heavy atom. The molecule has 1 aliphatic heterocycles. The van der Waals surface area contributed by atoms with E-state index in [9.17, 15) is 38.7 Å². The molecule has 1 aliphatic rings. The Bertz CT molecular complexity index is 1320. The zero-order valence-corrected chi connectivity index (χ0v) is 37.4. The number of aliphatic hydroxyl groups is 5. The van der Waals surface area contributed by atoms with Gasteiger partial charge in [-0.2, -0.15) is 8.42 Å². The van der Waals surface area contributed by atoms with E-state index in [2.05, 4.69) is 72.0 Å². The van der Waals surface area contributed by atoms with Crippen molar-refractivity contribution >= 4 is 16.3 Å². The summed E-state index contributed by atoms with van der Waals surface area (Å²) in [4.78, 5) is 13.1. The molecule has 13 nitrogen and oxygen atoms in total. The molecule has 8 unspecified atom stereocenters. The van der Waals surface area contributed by atoms with Gasteiger partial charge in [-0.1, -0.05) is 152 Å². The minimum atomic E-state index is -5.13. The maximum absolute atomic E-state index is 13.1. The number of amides is 1. The van der Waals surface area contributed by atoms with E-state index in [0.29, 0.717) is 12.8 Å². The lowest BCUT2D eigenvalue weighted by Crippen LogP contribution is -2.61. The average molecular weight is 872 g/mol. The summed E-state index contributed by atoms with van der Waals surface area (Å²) < 4.78 is 47.4. The van der Waals surface area contributed by atoms with Gasteiger partial charge in [-0.3, -0.25) is 9.35 Å². The predicted molar refractivity (Wildman–Crippen MR) is 237 cm³/mol. The van der Waals surface area contributed by atoms with E-state index in [1.165, 1.54) is 70.3 Å². The quantitative estimate of drug-likeness (QED) is 0.0139. The van der Waals surface area contributed by atoms with E-state index >= 15 is 0 Å². The van der Waals surface area contributed by atoms with E-state index < -0.39 is 78.5 Å². The molecule has 348 valence electrons. The Balaban J connectivity index is 2.61. The Kier molecular flexibility index (Phi) is 33.7. The summed E-state index contributed by atoms with van der Waals surface area (Å²) in [6, 6.07) is -1.15. The minimum Gasteiger partial charge on any atom is -0.394 e. The third-order valence-corrected chi connectivity index (χ3v) is 10.8. The van der Waals surface area contributed by atoms with Gasteiger partial charge < -0.3 is 40.3 Å². The van der Waals surface area contributed by atoms with Crippen molar-refractivity contribution < 1.29 is 57.0 Å². The minimum absolute atomic E-state index is 0.225. The first-order valence-corrected chi connectivity index (χ1v) is 24.2. The molecule has 1 heterocycles. The molecule has 1 rings (SSSR count). The largest absolute Gasteiger partial charge is 0.397 e. The lowest BCUT2D eigenvalue weighted by molar-refractivity contribution is -0.298. The van der Waals surface area contributed by atoms with Gasteiger partial charge in [-0.05, 0) is 70.6 Å². The molecule has 8 atom stereocenters. The number of ether oxygens (including phenoxy) is 2. The van der Waals surface area contributed by atoms with Gasteiger partial charge in [0.25, 0.3) is 0 Å². The predicted octanol–water partition coefficient (Wildman–Crippen LogP) is 7.63. The molecule has 0 spiro atoms. The van der Waals surface area contributed by atoms with Crippen LogP contribution < -0.4 is 5.32 Å². The summed E-state index contributed by atoms with van der Waals surface area (Å²) >= 11 is 0. The molecule has 1 fully saturated rings. The molecule has 0 bridgehead atoms. The first-order valence-electron chi connectivity index (χ1n) is 22.8. The summed E-state index contributed by atoms with van der Waals surface area (Å²) in [5.41, 5.74) is 0. The van der Waals surface area contributed by atoms with Crippen molar-refractivity contribution in [2.75, 3.05) is 13.2 Å². The number of carbonyl (C=O) groups excluding carboxylic acids is 1. The van der Waals surface area contributed by atoms with Gasteiger partial charge in [0.1, 0.15) is 30.5 Å². The molecule has 0 aromatic heterocycles. The topological polar surface area (TPSA) is 212 Å². The van der Waals surface area contributed by atoms with Crippen LogP contribution in [0.4, 0.5) is 0 Å². The molecule has 1 amide bonds. The maximum atomic E-state index is 13.1. The normalized spacial score (nSPS) is 21.9. The van der Waals surface area contributed by atoms with Gasteiger partial charge in [0.2, 0.25) is 5.91 Å². The van der Waals surface area contributed by atoms with Crippen LogP contribution in [0.15, 0.2) is 60.8 Å². The Hall–Kier alpha value is -2.24. The Labute approximate surface area is 362 Å². The molecule has 0 aliphatic carbocycles. The van der Waals surface area contributed by atoms with Crippen molar-refractivity contribution in [3.8, 4) is 0 Å². The summed E-state index contributed by atoms with van der Waals surface area (Å²) in [6.45, 7) is 3.11. The van der Waals surface area contributed by atoms with Gasteiger partial charge in [0.05, 0.1) is 25.4 Å². The maximum Gasteiger partial charge on any atom is 0.397 e. The molecule has 14 heteroatoms. The van der Waals surface area contributed by atoms with Crippen LogP contribution in [0.1, 0.15) is 162 Å². The van der Waals surface area contributed by atoms with Crippen LogP contribution in [0.25, 0.3) is 0 Å². The van der Waals surface area contributed by atoms with Crippen LogP contribution in [0.5, 0.6) is 0 Å². The van der Waals surface area contributed by atoms with Crippen molar-refractivity contribution in [2.24, 2.45) is 0 Å². The highest BCUT2D eigenvalue weighted by atomic mass is 32.3. The lowest BCUT2D eigenvalue weighted by Gasteiger charge is -2.41. The van der Waals surface area contributed by atoms with Crippen molar-refractivity contribution in [3.63, 3.8) is 0 Å².